The maximum atomic E-state index is 14.8. The number of aliphatic hydroxyl groups is 1. The average Bonchev–Trinajstić information content (AvgIpc) is 3.63. The van der Waals surface area contributed by atoms with E-state index in [0.29, 0.717) is 24.3 Å². The van der Waals surface area contributed by atoms with Crippen molar-refractivity contribution in [3.63, 3.8) is 0 Å². The molecular formula is C45H40N2O5. The maximum absolute atomic E-state index is 14.8. The lowest BCUT2D eigenvalue weighted by molar-refractivity contribution is 0.0286. The highest BCUT2D eigenvalue weighted by Crippen LogP contribution is 2.41. The van der Waals surface area contributed by atoms with Crippen LogP contribution in [0.4, 0.5) is 0 Å². The zero-order valence-electron chi connectivity index (χ0n) is 29.0. The van der Waals surface area contributed by atoms with E-state index >= 15 is 0 Å². The fraction of sp³-hybridized carbons (Fsp3) is 0.156. The number of pyridine rings is 1. The highest BCUT2D eigenvalue weighted by atomic mass is 16.6. The second-order valence-corrected chi connectivity index (χ2v) is 12.6. The van der Waals surface area contributed by atoms with Crippen molar-refractivity contribution in [2.24, 2.45) is 0 Å². The molecule has 7 nitrogen and oxygen atoms in total. The molecule has 260 valence electrons. The molecule has 0 aliphatic rings. The van der Waals surface area contributed by atoms with Gasteiger partial charge in [0.1, 0.15) is 25.1 Å². The third kappa shape index (κ3) is 7.90. The molecule has 2 aromatic heterocycles. The molecule has 0 spiro atoms. The Hall–Kier alpha value is -6.18. The van der Waals surface area contributed by atoms with Crippen molar-refractivity contribution in [1.29, 1.82) is 0 Å². The Morgan fingerprint density at radius 1 is 0.731 bits per heavy atom. The van der Waals surface area contributed by atoms with Gasteiger partial charge in [-0.15, -0.1) is 0 Å². The van der Waals surface area contributed by atoms with E-state index in [-0.39, 0.29) is 31.3 Å². The van der Waals surface area contributed by atoms with Crippen LogP contribution in [0.1, 0.15) is 56.9 Å². The standard InChI is InChI=1S/C45H40N2O5/c1-2-38-42(36-24-23-35-26-37(28-48)46-39(35)27-36)47-44(51-30-33-19-11-5-12-20-33)41(43(38)50-29-32-17-9-4-10-18-32)45(49)52-40(34-21-13-6-14-22-34)25-31-15-7-3-8-16-31/h3-24,26-27,40,46,48H,2,25,28-30H2,1H3. The lowest BCUT2D eigenvalue weighted by atomic mass is 9.99. The molecule has 0 saturated carbocycles. The molecule has 0 amide bonds. The smallest absolute Gasteiger partial charge is 0.348 e. The lowest BCUT2D eigenvalue weighted by Crippen LogP contribution is -2.18. The number of ether oxygens (including phenoxy) is 3. The Kier molecular flexibility index (Phi) is 10.7. The van der Waals surface area contributed by atoms with Gasteiger partial charge in [0.25, 0.3) is 0 Å². The molecule has 5 aromatic carbocycles. The molecule has 0 aliphatic carbocycles. The van der Waals surface area contributed by atoms with E-state index in [1.807, 2.05) is 153 Å². The summed E-state index contributed by atoms with van der Waals surface area (Å²) in [5.41, 5.74) is 7.71. The summed E-state index contributed by atoms with van der Waals surface area (Å²) in [4.78, 5) is 23.1. The number of nitrogens with one attached hydrogen (secondary N) is 1. The number of carbonyl (C=O) groups excluding carboxylic acids is 1. The Bertz CT molecular complexity index is 2240. The van der Waals surface area contributed by atoms with Crippen molar-refractivity contribution in [3.8, 4) is 22.9 Å². The number of H-pyrrole nitrogens is 1. The van der Waals surface area contributed by atoms with Gasteiger partial charge in [-0.25, -0.2) is 9.78 Å². The van der Waals surface area contributed by atoms with Gasteiger partial charge < -0.3 is 24.3 Å². The Morgan fingerprint density at radius 3 is 1.94 bits per heavy atom. The van der Waals surface area contributed by atoms with Gasteiger partial charge >= 0.3 is 5.97 Å². The molecule has 1 unspecified atom stereocenters. The minimum absolute atomic E-state index is 0.0948. The first-order valence-corrected chi connectivity index (χ1v) is 17.5. The van der Waals surface area contributed by atoms with Crippen LogP contribution in [0.2, 0.25) is 0 Å². The molecule has 2 N–H and O–H groups in total. The monoisotopic (exact) mass is 688 g/mol. The number of aliphatic hydroxyl groups excluding tert-OH is 1. The number of fused-ring (bicyclic) bond motifs is 1. The van der Waals surface area contributed by atoms with E-state index in [4.69, 9.17) is 19.2 Å². The third-order valence-electron chi connectivity index (χ3n) is 9.02. The predicted molar refractivity (Wildman–Crippen MR) is 203 cm³/mol. The molecule has 0 fully saturated rings. The van der Waals surface area contributed by atoms with E-state index in [0.717, 1.165) is 50.0 Å². The van der Waals surface area contributed by atoms with Crippen molar-refractivity contribution in [3.05, 3.63) is 185 Å². The van der Waals surface area contributed by atoms with E-state index in [2.05, 4.69) is 4.98 Å². The first-order valence-electron chi connectivity index (χ1n) is 17.5. The number of aromatic nitrogens is 2. The van der Waals surface area contributed by atoms with Gasteiger partial charge in [0.05, 0.1) is 12.3 Å². The van der Waals surface area contributed by atoms with Gasteiger partial charge in [0.15, 0.2) is 5.56 Å². The Morgan fingerprint density at radius 2 is 1.33 bits per heavy atom. The minimum atomic E-state index is -0.586. The summed E-state index contributed by atoms with van der Waals surface area (Å²) in [5.74, 6) is -0.0890. The van der Waals surface area contributed by atoms with Gasteiger partial charge in [-0.05, 0) is 46.2 Å². The number of nitrogens with zero attached hydrogens (tertiary/aromatic N) is 1. The largest absolute Gasteiger partial charge is 0.487 e. The average molecular weight is 689 g/mol. The van der Waals surface area contributed by atoms with Crippen LogP contribution in [-0.2, 0) is 37.4 Å². The van der Waals surface area contributed by atoms with E-state index in [1.165, 1.54) is 0 Å². The first kappa shape index (κ1) is 34.3. The second-order valence-electron chi connectivity index (χ2n) is 12.6. The normalized spacial score (nSPS) is 11.7. The summed E-state index contributed by atoms with van der Waals surface area (Å²) in [6.45, 7) is 2.33. The molecule has 7 rings (SSSR count). The molecule has 0 radical (unpaired) electrons. The van der Waals surface area contributed by atoms with Crippen LogP contribution in [0.15, 0.2) is 146 Å². The maximum Gasteiger partial charge on any atom is 0.348 e. The van der Waals surface area contributed by atoms with Crippen LogP contribution in [0.5, 0.6) is 11.6 Å². The van der Waals surface area contributed by atoms with Crippen LogP contribution >= 0.6 is 0 Å². The first-order chi connectivity index (χ1) is 25.6. The quantitative estimate of drug-likeness (QED) is 0.111. The molecule has 0 bridgehead atoms. The summed E-state index contributed by atoms with van der Waals surface area (Å²) in [6.07, 6.45) is 0.415. The van der Waals surface area contributed by atoms with Crippen LogP contribution in [-0.4, -0.2) is 21.0 Å². The zero-order valence-corrected chi connectivity index (χ0v) is 29.0. The van der Waals surface area contributed by atoms with Crippen molar-refractivity contribution >= 4 is 16.9 Å². The number of rotatable bonds is 14. The van der Waals surface area contributed by atoms with Crippen LogP contribution in [0.25, 0.3) is 22.2 Å². The predicted octanol–water partition coefficient (Wildman–Crippen LogP) is 9.58. The van der Waals surface area contributed by atoms with Gasteiger partial charge in [-0.2, -0.15) is 0 Å². The molecule has 1 atom stereocenters. The topological polar surface area (TPSA) is 93.7 Å². The SMILES string of the molecule is CCc1c(-c2ccc3cc(CO)[nH]c3c2)nc(OCc2ccccc2)c(C(=O)OC(Cc2ccccc2)c2ccccc2)c1OCc1ccccc1. The third-order valence-corrected chi connectivity index (χ3v) is 9.02. The molecule has 0 saturated heterocycles. The highest BCUT2D eigenvalue weighted by Gasteiger charge is 2.31. The minimum Gasteiger partial charge on any atom is -0.487 e. The molecule has 2 heterocycles. The van der Waals surface area contributed by atoms with Crippen molar-refractivity contribution in [2.45, 2.75) is 45.7 Å². The number of esters is 1. The number of benzene rings is 5. The fourth-order valence-corrected chi connectivity index (χ4v) is 6.38. The molecule has 7 heteroatoms. The molecule has 7 aromatic rings. The zero-order chi connectivity index (χ0) is 35.7. The highest BCUT2D eigenvalue weighted by molar-refractivity contribution is 5.97. The van der Waals surface area contributed by atoms with E-state index in [1.54, 1.807) is 0 Å². The number of carbonyl (C=O) groups is 1. The van der Waals surface area contributed by atoms with Gasteiger partial charge in [0.2, 0.25) is 5.88 Å². The summed E-state index contributed by atoms with van der Waals surface area (Å²) in [5, 5.41) is 10.7. The summed E-state index contributed by atoms with van der Waals surface area (Å²) in [7, 11) is 0. The van der Waals surface area contributed by atoms with Crippen LogP contribution in [0, 0.1) is 0 Å². The van der Waals surface area contributed by atoms with E-state index < -0.39 is 12.1 Å². The summed E-state index contributed by atoms with van der Waals surface area (Å²) in [6, 6.07) is 47.3. The molecular weight excluding hydrogens is 649 g/mol. The van der Waals surface area contributed by atoms with Crippen molar-refractivity contribution in [2.75, 3.05) is 0 Å². The molecule has 52 heavy (non-hydrogen) atoms. The second kappa shape index (κ2) is 16.2. The van der Waals surface area contributed by atoms with Gasteiger partial charge in [0, 0.05) is 28.8 Å². The van der Waals surface area contributed by atoms with E-state index in [9.17, 15) is 9.90 Å². The lowest BCUT2D eigenvalue weighted by Gasteiger charge is -2.23. The Balaban J connectivity index is 1.37. The van der Waals surface area contributed by atoms with Gasteiger partial charge in [-0.3, -0.25) is 0 Å². The summed E-state index contributed by atoms with van der Waals surface area (Å²) < 4.78 is 19.6. The van der Waals surface area contributed by atoms with Crippen molar-refractivity contribution in [1.82, 2.24) is 9.97 Å². The number of aromatic amines is 1. The van der Waals surface area contributed by atoms with Gasteiger partial charge in [-0.1, -0.05) is 140 Å². The van der Waals surface area contributed by atoms with Crippen molar-refractivity contribution < 1.29 is 24.1 Å². The number of hydrogen-bond acceptors (Lipinski definition) is 6. The van der Waals surface area contributed by atoms with Crippen LogP contribution < -0.4 is 9.47 Å². The molecule has 0 aliphatic heterocycles. The Labute approximate surface area is 303 Å². The summed E-state index contributed by atoms with van der Waals surface area (Å²) >= 11 is 0. The number of hydrogen-bond donors (Lipinski definition) is 2. The fourth-order valence-electron chi connectivity index (χ4n) is 6.38. The van der Waals surface area contributed by atoms with Crippen LogP contribution in [0.3, 0.4) is 0 Å².